The highest BCUT2D eigenvalue weighted by atomic mass is 31.2. The van der Waals surface area contributed by atoms with E-state index in [0.29, 0.717) is 18.6 Å². The monoisotopic (exact) mass is 398 g/mol. The third-order valence-corrected chi connectivity index (χ3v) is 5.63. The van der Waals surface area contributed by atoms with Crippen LogP contribution < -0.4 is 15.8 Å². The van der Waals surface area contributed by atoms with Crippen LogP contribution in [0, 0.1) is 5.82 Å². The van der Waals surface area contributed by atoms with Gasteiger partial charge >= 0.3 is 13.5 Å². The molecule has 0 bridgehead atoms. The summed E-state index contributed by atoms with van der Waals surface area (Å²) in [6, 6.07) is 7.04. The Morgan fingerprint density at radius 3 is 2.96 bits per heavy atom. The Hall–Kier alpha value is -2.26. The maximum absolute atomic E-state index is 13.4. The highest BCUT2D eigenvalue weighted by Gasteiger charge is 2.36. The predicted octanol–water partition coefficient (Wildman–Crippen LogP) is 2.09. The number of hydrogen-bond donors (Lipinski definition) is 1. The smallest absolute Gasteiger partial charge is 0.404 e. The fraction of sp³-hybridized carbons (Fsp3) is 0.375. The minimum absolute atomic E-state index is 0.0868. The Balaban J connectivity index is 1.38. The van der Waals surface area contributed by atoms with Crippen LogP contribution in [-0.4, -0.2) is 22.3 Å². The van der Waals surface area contributed by atoms with Gasteiger partial charge in [0.15, 0.2) is 0 Å². The van der Waals surface area contributed by atoms with Gasteiger partial charge in [-0.15, -0.1) is 0 Å². The van der Waals surface area contributed by atoms with Crippen LogP contribution in [0.3, 0.4) is 0 Å². The van der Waals surface area contributed by atoms with Gasteiger partial charge in [-0.3, -0.25) is 23.4 Å². The summed E-state index contributed by atoms with van der Waals surface area (Å²) in [4.78, 5) is 24.8. The first-order valence-electron chi connectivity index (χ1n) is 8.26. The lowest BCUT2D eigenvalue weighted by Crippen LogP contribution is -2.34. The number of H-pyrrole nitrogens is 1. The van der Waals surface area contributed by atoms with E-state index in [4.69, 9.17) is 18.3 Å². The second-order valence-electron chi connectivity index (χ2n) is 6.15. The van der Waals surface area contributed by atoms with E-state index in [1.807, 2.05) is 11.1 Å². The largest absolute Gasteiger partial charge is 0.530 e. The number of phosphoric acid groups is 1. The number of para-hydroxylation sites is 1. The molecule has 1 fully saturated rings. The van der Waals surface area contributed by atoms with Crippen molar-refractivity contribution in [2.75, 3.05) is 6.61 Å². The molecule has 1 aromatic carbocycles. The normalized spacial score (nSPS) is 27.1. The molecule has 0 radical (unpaired) electrons. The quantitative estimate of drug-likeness (QED) is 0.786. The van der Waals surface area contributed by atoms with Crippen LogP contribution in [0.25, 0.3) is 0 Å². The molecule has 2 aliphatic heterocycles. The van der Waals surface area contributed by atoms with Crippen molar-refractivity contribution in [2.24, 2.45) is 0 Å². The Morgan fingerprint density at radius 1 is 1.30 bits per heavy atom. The predicted molar refractivity (Wildman–Crippen MR) is 89.8 cm³/mol. The van der Waals surface area contributed by atoms with Gasteiger partial charge in [0.25, 0.3) is 5.56 Å². The molecule has 0 saturated carbocycles. The molecule has 3 heterocycles. The van der Waals surface area contributed by atoms with Gasteiger partial charge in [0.05, 0.1) is 25.5 Å². The van der Waals surface area contributed by atoms with Gasteiger partial charge < -0.3 is 9.26 Å². The molecule has 27 heavy (non-hydrogen) atoms. The third-order valence-electron chi connectivity index (χ3n) is 4.30. The first-order chi connectivity index (χ1) is 12.9. The van der Waals surface area contributed by atoms with E-state index in [-0.39, 0.29) is 13.2 Å². The second-order valence-corrected chi connectivity index (χ2v) is 7.74. The molecule has 1 N–H and O–H groups in total. The van der Waals surface area contributed by atoms with Gasteiger partial charge in [-0.1, -0.05) is 18.2 Å². The van der Waals surface area contributed by atoms with Gasteiger partial charge in [-0.25, -0.2) is 9.36 Å². The molecule has 0 spiro atoms. The molecule has 144 valence electrons. The minimum atomic E-state index is -3.77. The number of benzene rings is 1. The fourth-order valence-corrected chi connectivity index (χ4v) is 4.18. The molecule has 2 aromatic rings. The van der Waals surface area contributed by atoms with Crippen molar-refractivity contribution in [3.63, 3.8) is 0 Å². The molecule has 1 saturated heterocycles. The van der Waals surface area contributed by atoms with Gasteiger partial charge in [0.2, 0.25) is 5.82 Å². The molecule has 0 aliphatic carbocycles. The van der Waals surface area contributed by atoms with Crippen molar-refractivity contribution < 1.29 is 27.3 Å². The molecular formula is C16H16FN2O7P. The number of phosphoric ester groups is 1. The van der Waals surface area contributed by atoms with Gasteiger partial charge in [-0.05, 0) is 18.9 Å². The van der Waals surface area contributed by atoms with E-state index in [0.717, 1.165) is 16.3 Å². The Kier molecular flexibility index (Phi) is 4.73. The zero-order valence-electron chi connectivity index (χ0n) is 14.0. The van der Waals surface area contributed by atoms with Crippen molar-refractivity contribution in [1.82, 2.24) is 9.55 Å². The lowest BCUT2D eigenvalue weighted by atomic mass is 10.2. The number of fused-ring (bicyclic) bond motifs is 1. The maximum Gasteiger partial charge on any atom is 0.530 e. The Labute approximate surface area is 152 Å². The molecule has 3 atom stereocenters. The summed E-state index contributed by atoms with van der Waals surface area (Å²) in [6.07, 6.45) is 0.434. The van der Waals surface area contributed by atoms with Gasteiger partial charge in [-0.2, -0.15) is 4.39 Å². The summed E-state index contributed by atoms with van der Waals surface area (Å²) >= 11 is 0. The summed E-state index contributed by atoms with van der Waals surface area (Å²) in [5.41, 5.74) is -1.08. The summed E-state index contributed by atoms with van der Waals surface area (Å²) in [7, 11) is -3.77. The lowest BCUT2D eigenvalue weighted by Gasteiger charge is -2.25. The van der Waals surface area contributed by atoms with Crippen LogP contribution in [0.4, 0.5) is 4.39 Å². The number of aromatic nitrogens is 2. The molecule has 0 amide bonds. The van der Waals surface area contributed by atoms with Crippen LogP contribution in [0.15, 0.2) is 40.1 Å². The fourth-order valence-electron chi connectivity index (χ4n) is 2.93. The van der Waals surface area contributed by atoms with Crippen LogP contribution in [0.5, 0.6) is 5.75 Å². The summed E-state index contributed by atoms with van der Waals surface area (Å²) < 4.78 is 48.5. The van der Waals surface area contributed by atoms with Crippen LogP contribution in [0.2, 0.25) is 0 Å². The van der Waals surface area contributed by atoms with E-state index < -0.39 is 37.2 Å². The van der Waals surface area contributed by atoms with Crippen LogP contribution >= 0.6 is 7.82 Å². The highest BCUT2D eigenvalue weighted by molar-refractivity contribution is 7.49. The van der Waals surface area contributed by atoms with Gasteiger partial charge in [0.1, 0.15) is 12.0 Å². The lowest BCUT2D eigenvalue weighted by molar-refractivity contribution is -0.0268. The number of aromatic amines is 1. The first kappa shape index (κ1) is 18.1. The van der Waals surface area contributed by atoms with Crippen LogP contribution in [-0.2, 0) is 25.0 Å². The number of halogens is 1. The molecule has 2 aliphatic rings. The number of rotatable bonds is 4. The molecular weight excluding hydrogens is 382 g/mol. The third kappa shape index (κ3) is 3.74. The molecule has 4 rings (SSSR count). The molecule has 3 unspecified atom stereocenters. The topological polar surface area (TPSA) is 109 Å². The highest BCUT2D eigenvalue weighted by Crippen LogP contribution is 2.54. The number of hydrogen-bond acceptors (Lipinski definition) is 7. The molecule has 11 heteroatoms. The van der Waals surface area contributed by atoms with Crippen molar-refractivity contribution >= 4 is 7.82 Å². The van der Waals surface area contributed by atoms with Crippen molar-refractivity contribution in [3.05, 3.63) is 62.7 Å². The van der Waals surface area contributed by atoms with E-state index in [1.54, 1.807) is 18.2 Å². The van der Waals surface area contributed by atoms with E-state index >= 15 is 0 Å². The SMILES string of the molecule is O=c1[nH]c(=O)n(C2CCC(COP3(=O)OCc4ccccc4O3)O2)cc1F. The minimum Gasteiger partial charge on any atom is -0.404 e. The van der Waals surface area contributed by atoms with Crippen LogP contribution in [0.1, 0.15) is 24.6 Å². The first-order valence-corrected chi connectivity index (χ1v) is 9.73. The van der Waals surface area contributed by atoms with Crippen molar-refractivity contribution in [2.45, 2.75) is 31.8 Å². The Morgan fingerprint density at radius 2 is 2.11 bits per heavy atom. The van der Waals surface area contributed by atoms with Crippen molar-refractivity contribution in [1.29, 1.82) is 0 Å². The zero-order valence-corrected chi connectivity index (χ0v) is 14.9. The van der Waals surface area contributed by atoms with E-state index in [2.05, 4.69) is 0 Å². The van der Waals surface area contributed by atoms with Gasteiger partial charge in [0, 0.05) is 5.56 Å². The summed E-state index contributed by atoms with van der Waals surface area (Å²) in [5, 5.41) is 0. The van der Waals surface area contributed by atoms with E-state index in [1.165, 1.54) is 0 Å². The Bertz CT molecular complexity index is 1020. The van der Waals surface area contributed by atoms with E-state index in [9.17, 15) is 18.5 Å². The summed E-state index contributed by atoms with van der Waals surface area (Å²) in [5.74, 6) is -0.641. The number of ether oxygens (including phenoxy) is 1. The standard InChI is InChI=1S/C16H16FN2O7P/c17-12-7-19(16(21)18-15(12)20)14-6-5-11(25-14)9-24-27(22)23-8-10-3-1-2-4-13(10)26-27/h1-4,7,11,14H,5-6,8-9H2,(H,18,20,21). The molecule has 9 nitrogen and oxygen atoms in total. The average Bonchev–Trinajstić information content (AvgIpc) is 3.12. The molecule has 1 aromatic heterocycles. The number of nitrogens with one attached hydrogen (secondary N) is 1. The maximum atomic E-state index is 13.4. The zero-order chi connectivity index (χ0) is 19.0. The summed E-state index contributed by atoms with van der Waals surface area (Å²) in [6.45, 7) is 0.0180. The van der Waals surface area contributed by atoms with Crippen molar-refractivity contribution in [3.8, 4) is 5.75 Å². The average molecular weight is 398 g/mol. The second kappa shape index (κ2) is 7.05. The number of nitrogens with zero attached hydrogens (tertiary/aromatic N) is 1.